The smallest absolute Gasteiger partial charge is 0.260 e. The van der Waals surface area contributed by atoms with E-state index in [2.05, 4.69) is 9.97 Å². The molecule has 0 saturated carbocycles. The molecule has 4 rings (SSSR count). The molecular formula is C21H21N3O3. The maximum atomic E-state index is 12.4. The van der Waals surface area contributed by atoms with E-state index in [1.54, 1.807) is 18.2 Å². The predicted molar refractivity (Wildman–Crippen MR) is 104 cm³/mol. The van der Waals surface area contributed by atoms with Crippen molar-refractivity contribution in [2.24, 2.45) is 0 Å². The van der Waals surface area contributed by atoms with Crippen molar-refractivity contribution in [2.45, 2.75) is 19.3 Å². The molecular weight excluding hydrogens is 342 g/mol. The molecule has 0 bridgehead atoms. The number of ether oxygens (including phenoxy) is 1. The molecule has 0 atom stereocenters. The Bertz CT molecular complexity index is 1020. The van der Waals surface area contributed by atoms with Crippen molar-refractivity contribution in [1.29, 1.82) is 0 Å². The monoisotopic (exact) mass is 363 g/mol. The van der Waals surface area contributed by atoms with Crippen molar-refractivity contribution in [3.05, 3.63) is 58.9 Å². The van der Waals surface area contributed by atoms with E-state index in [9.17, 15) is 9.59 Å². The van der Waals surface area contributed by atoms with Gasteiger partial charge in [-0.3, -0.25) is 9.59 Å². The number of aromatic nitrogens is 2. The van der Waals surface area contributed by atoms with Gasteiger partial charge in [0.1, 0.15) is 11.6 Å². The normalized spacial score (nSPS) is 14.3. The lowest BCUT2D eigenvalue weighted by molar-refractivity contribution is -0.134. The Morgan fingerprint density at radius 2 is 1.78 bits per heavy atom. The number of hydrogen-bond acceptors (Lipinski definition) is 4. The molecule has 6 nitrogen and oxygen atoms in total. The number of amides is 1. The minimum Gasteiger partial charge on any atom is -0.483 e. The van der Waals surface area contributed by atoms with Gasteiger partial charge in [0.2, 0.25) is 0 Å². The molecule has 1 saturated heterocycles. The lowest BCUT2D eigenvalue weighted by atomic mass is 10.1. The third-order valence-electron chi connectivity index (χ3n) is 4.81. The molecule has 1 N–H and O–H groups in total. The summed E-state index contributed by atoms with van der Waals surface area (Å²) >= 11 is 0. The number of nitrogens with zero attached hydrogens (tertiary/aromatic N) is 2. The van der Waals surface area contributed by atoms with Gasteiger partial charge in [-0.2, -0.15) is 0 Å². The predicted octanol–water partition coefficient (Wildman–Crippen LogP) is 2.98. The van der Waals surface area contributed by atoms with Gasteiger partial charge in [-0.1, -0.05) is 24.3 Å². The Labute approximate surface area is 156 Å². The minimum absolute atomic E-state index is 0.00975. The lowest BCUT2D eigenvalue weighted by Gasteiger charge is -2.26. The number of piperidine rings is 1. The van der Waals surface area contributed by atoms with Gasteiger partial charge in [0.25, 0.3) is 11.5 Å². The van der Waals surface area contributed by atoms with Crippen LogP contribution >= 0.6 is 0 Å². The SMILES string of the molecule is O=C(COc1ccccc1-c1nc2ccccc2c(=O)[nH]1)N1CCCCC1. The van der Waals surface area contributed by atoms with Gasteiger partial charge in [-0.15, -0.1) is 0 Å². The average molecular weight is 363 g/mol. The fraction of sp³-hybridized carbons (Fsp3) is 0.286. The second-order valence-electron chi connectivity index (χ2n) is 6.66. The molecule has 2 heterocycles. The van der Waals surface area contributed by atoms with Crippen molar-refractivity contribution in [3.63, 3.8) is 0 Å². The maximum absolute atomic E-state index is 12.4. The van der Waals surface area contributed by atoms with Crippen LogP contribution in [0, 0.1) is 0 Å². The Balaban J connectivity index is 1.60. The van der Waals surface area contributed by atoms with E-state index in [1.807, 2.05) is 35.2 Å². The summed E-state index contributed by atoms with van der Waals surface area (Å²) in [5.41, 5.74) is 1.08. The highest BCUT2D eigenvalue weighted by Gasteiger charge is 2.18. The summed E-state index contributed by atoms with van der Waals surface area (Å²) in [4.78, 5) is 34.0. The minimum atomic E-state index is -0.199. The van der Waals surface area contributed by atoms with Gasteiger partial charge in [0.15, 0.2) is 6.61 Å². The van der Waals surface area contributed by atoms with Crippen LogP contribution in [0.1, 0.15) is 19.3 Å². The molecule has 0 spiro atoms. The van der Waals surface area contributed by atoms with Crippen molar-refractivity contribution in [1.82, 2.24) is 14.9 Å². The number of fused-ring (bicyclic) bond motifs is 1. The highest BCUT2D eigenvalue weighted by molar-refractivity contribution is 5.80. The topological polar surface area (TPSA) is 75.3 Å². The van der Waals surface area contributed by atoms with Crippen LogP contribution < -0.4 is 10.3 Å². The zero-order chi connectivity index (χ0) is 18.6. The quantitative estimate of drug-likeness (QED) is 0.773. The number of likely N-dealkylation sites (tertiary alicyclic amines) is 1. The number of carbonyl (C=O) groups excluding carboxylic acids is 1. The Kier molecular flexibility index (Phi) is 4.87. The van der Waals surface area contributed by atoms with Crippen LogP contribution in [0.5, 0.6) is 5.75 Å². The molecule has 2 aromatic carbocycles. The largest absolute Gasteiger partial charge is 0.483 e. The van der Waals surface area contributed by atoms with Gasteiger partial charge in [-0.05, 0) is 43.5 Å². The molecule has 6 heteroatoms. The Morgan fingerprint density at radius 3 is 2.63 bits per heavy atom. The van der Waals surface area contributed by atoms with Gasteiger partial charge < -0.3 is 14.6 Å². The first-order valence-electron chi connectivity index (χ1n) is 9.21. The summed E-state index contributed by atoms with van der Waals surface area (Å²) in [6.07, 6.45) is 3.27. The van der Waals surface area contributed by atoms with E-state index >= 15 is 0 Å². The number of benzene rings is 2. The molecule has 138 valence electrons. The van der Waals surface area contributed by atoms with Gasteiger partial charge in [-0.25, -0.2) is 4.98 Å². The molecule has 0 unspecified atom stereocenters. The van der Waals surface area contributed by atoms with Gasteiger partial charge >= 0.3 is 0 Å². The zero-order valence-electron chi connectivity index (χ0n) is 15.0. The van der Waals surface area contributed by atoms with Crippen LogP contribution in [0.25, 0.3) is 22.3 Å². The zero-order valence-corrected chi connectivity index (χ0v) is 15.0. The molecule has 3 aromatic rings. The fourth-order valence-corrected chi connectivity index (χ4v) is 3.38. The first-order valence-corrected chi connectivity index (χ1v) is 9.21. The highest BCUT2D eigenvalue weighted by Crippen LogP contribution is 2.27. The number of hydrogen-bond donors (Lipinski definition) is 1. The van der Waals surface area contributed by atoms with Crippen LogP contribution in [-0.4, -0.2) is 40.5 Å². The summed E-state index contributed by atoms with van der Waals surface area (Å²) in [6, 6.07) is 14.5. The maximum Gasteiger partial charge on any atom is 0.260 e. The highest BCUT2D eigenvalue weighted by atomic mass is 16.5. The summed E-state index contributed by atoms with van der Waals surface area (Å²) < 4.78 is 5.81. The van der Waals surface area contributed by atoms with E-state index < -0.39 is 0 Å². The van der Waals surface area contributed by atoms with Crippen LogP contribution in [0.3, 0.4) is 0 Å². The van der Waals surface area contributed by atoms with Crippen molar-refractivity contribution in [3.8, 4) is 17.1 Å². The van der Waals surface area contributed by atoms with Gasteiger partial charge in [0, 0.05) is 13.1 Å². The van der Waals surface area contributed by atoms with Crippen LogP contribution in [0.15, 0.2) is 53.3 Å². The molecule has 27 heavy (non-hydrogen) atoms. The summed E-state index contributed by atoms with van der Waals surface area (Å²) in [5.74, 6) is 0.950. The van der Waals surface area contributed by atoms with Crippen molar-refractivity contribution >= 4 is 16.8 Å². The third-order valence-corrected chi connectivity index (χ3v) is 4.81. The molecule has 1 amide bonds. The van der Waals surface area contributed by atoms with Crippen LogP contribution in [0.2, 0.25) is 0 Å². The first-order chi connectivity index (χ1) is 13.2. The molecule has 1 aromatic heterocycles. The average Bonchev–Trinajstić information content (AvgIpc) is 2.73. The Morgan fingerprint density at radius 1 is 1.04 bits per heavy atom. The van der Waals surface area contributed by atoms with E-state index in [1.165, 1.54) is 6.42 Å². The molecule has 1 aliphatic heterocycles. The van der Waals surface area contributed by atoms with E-state index in [0.717, 1.165) is 25.9 Å². The number of rotatable bonds is 4. The first kappa shape index (κ1) is 17.3. The Hall–Kier alpha value is -3.15. The fourth-order valence-electron chi connectivity index (χ4n) is 3.38. The number of H-pyrrole nitrogens is 1. The van der Waals surface area contributed by atoms with E-state index in [4.69, 9.17) is 4.74 Å². The van der Waals surface area contributed by atoms with Crippen molar-refractivity contribution in [2.75, 3.05) is 19.7 Å². The molecule has 1 fully saturated rings. The second kappa shape index (κ2) is 7.61. The molecule has 1 aliphatic rings. The lowest BCUT2D eigenvalue weighted by Crippen LogP contribution is -2.38. The van der Waals surface area contributed by atoms with Gasteiger partial charge in [0.05, 0.1) is 16.5 Å². The van der Waals surface area contributed by atoms with Crippen LogP contribution in [-0.2, 0) is 4.79 Å². The van der Waals surface area contributed by atoms with Crippen LogP contribution in [0.4, 0.5) is 0 Å². The number of nitrogens with one attached hydrogen (secondary N) is 1. The molecule has 0 radical (unpaired) electrons. The standard InChI is InChI=1S/C21H21N3O3/c25-19(24-12-6-1-7-13-24)14-27-18-11-5-3-9-16(18)20-22-17-10-4-2-8-15(17)21(26)23-20/h2-5,8-11H,1,6-7,12-14H2,(H,22,23,26). The van der Waals surface area contributed by atoms with E-state index in [-0.39, 0.29) is 18.1 Å². The molecule has 0 aliphatic carbocycles. The van der Waals surface area contributed by atoms with Crippen molar-refractivity contribution < 1.29 is 9.53 Å². The number of aromatic amines is 1. The number of carbonyl (C=O) groups is 1. The van der Waals surface area contributed by atoms with E-state index in [0.29, 0.717) is 28.0 Å². The summed E-state index contributed by atoms with van der Waals surface area (Å²) in [6.45, 7) is 1.57. The third kappa shape index (κ3) is 3.69. The number of para-hydroxylation sites is 2. The second-order valence-corrected chi connectivity index (χ2v) is 6.66. The summed E-state index contributed by atoms with van der Waals surface area (Å²) in [5, 5.41) is 0.542. The summed E-state index contributed by atoms with van der Waals surface area (Å²) in [7, 11) is 0.